The first-order valence-electron chi connectivity index (χ1n) is 9.58. The first-order valence-corrected chi connectivity index (χ1v) is 9.58. The van der Waals surface area contributed by atoms with Crippen LogP contribution in [0.25, 0.3) is 6.08 Å². The van der Waals surface area contributed by atoms with E-state index in [1.165, 1.54) is 16.7 Å². The van der Waals surface area contributed by atoms with Crippen LogP contribution in [0.15, 0.2) is 48.5 Å². The van der Waals surface area contributed by atoms with Crippen LogP contribution < -0.4 is 10.2 Å². The van der Waals surface area contributed by atoms with E-state index in [1.807, 2.05) is 13.8 Å². The molecule has 0 saturated carbocycles. The number of fused-ring (bicyclic) bond motifs is 5. The Balaban J connectivity index is 1.72. The van der Waals surface area contributed by atoms with E-state index in [0.29, 0.717) is 7.48 Å². The van der Waals surface area contributed by atoms with Gasteiger partial charge in [0, 0.05) is 5.56 Å². The van der Waals surface area contributed by atoms with Crippen molar-refractivity contribution >= 4 is 19.0 Å². The molecule has 1 N–H and O–H groups in total. The predicted octanol–water partition coefficient (Wildman–Crippen LogP) is 3.32. The molecule has 3 nitrogen and oxygen atoms in total. The normalized spacial score (nSPS) is 23.3. The number of hydrogen-bond donors (Lipinski definition) is 1. The quantitative estimate of drug-likeness (QED) is 0.848. The molecule has 2 aliphatic rings. The van der Waals surface area contributed by atoms with E-state index >= 15 is 0 Å². The second-order valence-electron chi connectivity index (χ2n) is 8.84. The van der Waals surface area contributed by atoms with Gasteiger partial charge in [-0.25, -0.2) is 0 Å². The summed E-state index contributed by atoms with van der Waals surface area (Å²) in [6.07, 6.45) is 4.29. The van der Waals surface area contributed by atoms with Crippen molar-refractivity contribution in [3.8, 4) is 5.75 Å². The van der Waals surface area contributed by atoms with Gasteiger partial charge >= 0.3 is 7.48 Å². The maximum atomic E-state index is 10.4. The van der Waals surface area contributed by atoms with Gasteiger partial charge in [-0.15, -0.1) is 0 Å². The number of ether oxygens (including phenoxy) is 1. The molecule has 0 aromatic heterocycles. The molecule has 2 atom stereocenters. The van der Waals surface area contributed by atoms with Crippen molar-refractivity contribution in [1.29, 1.82) is 0 Å². The largest absolute Gasteiger partial charge is 0.485 e. The van der Waals surface area contributed by atoms with Gasteiger partial charge < -0.3 is 14.5 Å². The molecule has 0 fully saturated rings. The van der Waals surface area contributed by atoms with E-state index in [1.54, 1.807) is 13.8 Å². The minimum Gasteiger partial charge on any atom is -0.485 e. The Kier molecular flexibility index (Phi) is 4.06. The number of hydrogen-bond acceptors (Lipinski definition) is 3. The molecule has 2 aromatic rings. The van der Waals surface area contributed by atoms with Gasteiger partial charge in [0.15, 0.2) is 0 Å². The summed E-state index contributed by atoms with van der Waals surface area (Å²) in [5.74, 6) is 0.915. The molecule has 2 aromatic carbocycles. The van der Waals surface area contributed by atoms with Crippen molar-refractivity contribution in [1.82, 2.24) is 0 Å². The van der Waals surface area contributed by atoms with E-state index in [0.717, 1.165) is 11.2 Å². The fraction of sp³-hybridized carbons (Fsp3) is 0.391. The standard InChI is InChI=1S/C23H27BO3/c1-21(2,25)22(3,4)27-24-18-12-8-11-17-20(18)26-19-14-13-15-9-6-7-10-16(15)23(17,19)5/h6-14,19,24-25H,1-5H3. The molecule has 0 radical (unpaired) electrons. The topological polar surface area (TPSA) is 38.7 Å². The molecule has 0 bridgehead atoms. The number of benzene rings is 2. The summed E-state index contributed by atoms with van der Waals surface area (Å²) in [5, 5.41) is 10.4. The third-order valence-corrected chi connectivity index (χ3v) is 6.50. The van der Waals surface area contributed by atoms with Crippen molar-refractivity contribution in [2.45, 2.75) is 57.3 Å². The Hall–Kier alpha value is -2.04. The number of rotatable bonds is 4. The zero-order chi connectivity index (χ0) is 19.4. The van der Waals surface area contributed by atoms with Crippen molar-refractivity contribution < 1.29 is 14.5 Å². The third-order valence-electron chi connectivity index (χ3n) is 6.50. The van der Waals surface area contributed by atoms with Crippen LogP contribution in [0.2, 0.25) is 0 Å². The second-order valence-corrected chi connectivity index (χ2v) is 8.84. The van der Waals surface area contributed by atoms with Gasteiger partial charge in [0.05, 0.1) is 16.6 Å². The maximum absolute atomic E-state index is 10.4. The van der Waals surface area contributed by atoms with Gasteiger partial charge in [-0.05, 0) is 57.3 Å². The van der Waals surface area contributed by atoms with Crippen LogP contribution in [0.5, 0.6) is 5.75 Å². The lowest BCUT2D eigenvalue weighted by molar-refractivity contribution is -0.0893. The summed E-state index contributed by atoms with van der Waals surface area (Å²) in [6.45, 7) is 9.64. The fourth-order valence-electron chi connectivity index (χ4n) is 3.92. The van der Waals surface area contributed by atoms with Crippen LogP contribution >= 0.6 is 0 Å². The lowest BCUT2D eigenvalue weighted by atomic mass is 9.68. The van der Waals surface area contributed by atoms with Crippen LogP contribution in [-0.4, -0.2) is 29.9 Å². The predicted molar refractivity (Wildman–Crippen MR) is 111 cm³/mol. The maximum Gasteiger partial charge on any atom is 0.313 e. The first-order chi connectivity index (χ1) is 12.6. The second kappa shape index (κ2) is 5.98. The molecular weight excluding hydrogens is 335 g/mol. The highest BCUT2D eigenvalue weighted by molar-refractivity contribution is 6.48. The van der Waals surface area contributed by atoms with Crippen molar-refractivity contribution in [2.75, 3.05) is 0 Å². The Morgan fingerprint density at radius 1 is 1.04 bits per heavy atom. The molecule has 0 amide bonds. The van der Waals surface area contributed by atoms with Crippen LogP contribution in [0, 0.1) is 0 Å². The van der Waals surface area contributed by atoms with E-state index in [2.05, 4.69) is 61.5 Å². The highest BCUT2D eigenvalue weighted by Gasteiger charge is 2.48. The molecule has 1 heterocycles. The van der Waals surface area contributed by atoms with Crippen molar-refractivity contribution in [3.05, 3.63) is 65.2 Å². The summed E-state index contributed by atoms with van der Waals surface area (Å²) >= 11 is 0. The van der Waals surface area contributed by atoms with Crippen LogP contribution in [0.4, 0.5) is 0 Å². The lowest BCUT2D eigenvalue weighted by Gasteiger charge is -2.37. The van der Waals surface area contributed by atoms with Crippen LogP contribution in [-0.2, 0) is 10.1 Å². The Bertz CT molecular complexity index is 910. The highest BCUT2D eigenvalue weighted by Crippen LogP contribution is 2.50. The molecule has 1 aliphatic carbocycles. The van der Waals surface area contributed by atoms with E-state index < -0.39 is 11.2 Å². The fourth-order valence-corrected chi connectivity index (χ4v) is 3.92. The lowest BCUT2D eigenvalue weighted by Crippen LogP contribution is -2.49. The third kappa shape index (κ3) is 2.74. The summed E-state index contributed by atoms with van der Waals surface area (Å²) < 4.78 is 12.5. The molecule has 0 saturated heterocycles. The zero-order valence-electron chi connectivity index (χ0n) is 16.7. The Labute approximate surface area is 162 Å². The summed E-state index contributed by atoms with van der Waals surface area (Å²) in [6, 6.07) is 14.8. The minimum absolute atomic E-state index is 0.0224. The number of para-hydroxylation sites is 1. The van der Waals surface area contributed by atoms with Gasteiger partial charge in [-0.1, -0.05) is 48.5 Å². The molecule has 1 aliphatic heterocycles. The molecule has 27 heavy (non-hydrogen) atoms. The average molecular weight is 362 g/mol. The van der Waals surface area contributed by atoms with E-state index in [-0.39, 0.29) is 11.5 Å². The van der Waals surface area contributed by atoms with Gasteiger partial charge in [0.25, 0.3) is 0 Å². The molecule has 0 spiro atoms. The van der Waals surface area contributed by atoms with Crippen LogP contribution in [0.1, 0.15) is 51.3 Å². The van der Waals surface area contributed by atoms with Crippen molar-refractivity contribution in [3.63, 3.8) is 0 Å². The Morgan fingerprint density at radius 3 is 2.48 bits per heavy atom. The summed E-state index contributed by atoms with van der Waals surface area (Å²) in [5.41, 5.74) is 2.95. The first kappa shape index (κ1) is 18.3. The molecule has 4 rings (SSSR count). The van der Waals surface area contributed by atoms with E-state index in [9.17, 15) is 5.11 Å². The Morgan fingerprint density at radius 2 is 1.74 bits per heavy atom. The molecule has 140 valence electrons. The molecule has 2 unspecified atom stereocenters. The van der Waals surface area contributed by atoms with E-state index in [4.69, 9.17) is 9.39 Å². The number of aliphatic hydroxyl groups is 1. The zero-order valence-corrected chi connectivity index (χ0v) is 16.7. The van der Waals surface area contributed by atoms with Gasteiger partial charge in [-0.2, -0.15) is 0 Å². The smallest absolute Gasteiger partial charge is 0.313 e. The molecular formula is C23H27BO3. The van der Waals surface area contributed by atoms with Crippen LogP contribution in [0.3, 0.4) is 0 Å². The highest BCUT2D eigenvalue weighted by atomic mass is 16.5. The monoisotopic (exact) mass is 362 g/mol. The summed E-state index contributed by atoms with van der Waals surface area (Å²) in [7, 11) is 0.397. The van der Waals surface area contributed by atoms with Gasteiger partial charge in [-0.3, -0.25) is 0 Å². The van der Waals surface area contributed by atoms with Crippen molar-refractivity contribution in [2.24, 2.45) is 0 Å². The summed E-state index contributed by atoms with van der Waals surface area (Å²) in [4.78, 5) is 0. The SMILES string of the molecule is CC12c3ccccc3C=CC1Oc1c(BOC(C)(C)C(C)(C)O)cccc12. The van der Waals surface area contributed by atoms with Gasteiger partial charge in [0.1, 0.15) is 11.9 Å². The molecule has 4 heteroatoms. The average Bonchev–Trinajstić information content (AvgIpc) is 2.93. The minimum atomic E-state index is -0.937. The van der Waals surface area contributed by atoms with Gasteiger partial charge in [0.2, 0.25) is 0 Å².